The lowest BCUT2D eigenvalue weighted by atomic mass is 10.2. The van der Waals surface area contributed by atoms with E-state index in [1.807, 2.05) is 13.8 Å². The Morgan fingerprint density at radius 2 is 2.19 bits per heavy atom. The predicted molar refractivity (Wildman–Crippen MR) is 86.3 cm³/mol. The normalized spacial score (nSPS) is 13.5. The van der Waals surface area contributed by atoms with Crippen LogP contribution in [0.25, 0.3) is 0 Å². The quantitative estimate of drug-likeness (QED) is 0.536. The third-order valence-corrected chi connectivity index (χ3v) is 3.66. The van der Waals surface area contributed by atoms with E-state index in [-0.39, 0.29) is 17.5 Å². The van der Waals surface area contributed by atoms with Gasteiger partial charge in [-0.05, 0) is 25.8 Å². The topological polar surface area (TPSA) is 97.2 Å². The Labute approximate surface area is 127 Å². The first kappa shape index (κ1) is 17.4. The van der Waals surface area contributed by atoms with Crippen molar-refractivity contribution in [3.63, 3.8) is 0 Å². The third-order valence-electron chi connectivity index (χ3n) is 2.85. The average Bonchev–Trinajstić information content (AvgIpc) is 2.42. The zero-order chi connectivity index (χ0) is 15.8. The highest BCUT2D eigenvalue weighted by atomic mass is 32.2. The van der Waals surface area contributed by atoms with Crippen molar-refractivity contribution in [2.45, 2.75) is 32.7 Å². The van der Waals surface area contributed by atoms with Gasteiger partial charge in [-0.15, -0.1) is 0 Å². The van der Waals surface area contributed by atoms with E-state index in [2.05, 4.69) is 15.6 Å². The Morgan fingerprint density at radius 3 is 2.76 bits per heavy atom. The Balaban J connectivity index is 2.84. The summed E-state index contributed by atoms with van der Waals surface area (Å²) in [7, 11) is -0.874. The molecule has 0 radical (unpaired) electrons. The van der Waals surface area contributed by atoms with Crippen molar-refractivity contribution in [1.29, 1.82) is 0 Å². The average molecular weight is 314 g/mol. The number of aromatic nitrogens is 1. The van der Waals surface area contributed by atoms with E-state index in [0.717, 1.165) is 13.0 Å². The SMILES string of the molecule is CCCNc1ccc([N+](=O)[O-])c(NC(C)CCS(C)=O)n1. The fourth-order valence-corrected chi connectivity index (χ4v) is 2.39. The van der Waals surface area contributed by atoms with Gasteiger partial charge in [0.15, 0.2) is 0 Å². The fourth-order valence-electron chi connectivity index (χ4n) is 1.71. The molecule has 8 heteroatoms. The van der Waals surface area contributed by atoms with Crippen LogP contribution >= 0.6 is 0 Å². The molecule has 2 N–H and O–H groups in total. The number of pyridine rings is 1. The van der Waals surface area contributed by atoms with Crippen LogP contribution in [0.1, 0.15) is 26.7 Å². The van der Waals surface area contributed by atoms with Crippen LogP contribution in [0.2, 0.25) is 0 Å². The van der Waals surface area contributed by atoms with Crippen LogP contribution in [0.15, 0.2) is 12.1 Å². The summed E-state index contributed by atoms with van der Waals surface area (Å²) in [5.41, 5.74) is -0.0541. The molecule has 1 aromatic heterocycles. The second-order valence-electron chi connectivity index (χ2n) is 4.86. The van der Waals surface area contributed by atoms with Gasteiger partial charge in [-0.25, -0.2) is 4.98 Å². The van der Waals surface area contributed by atoms with Gasteiger partial charge in [0.1, 0.15) is 5.82 Å². The number of anilines is 2. The molecule has 7 nitrogen and oxygen atoms in total. The molecule has 1 aromatic rings. The van der Waals surface area contributed by atoms with E-state index >= 15 is 0 Å². The highest BCUT2D eigenvalue weighted by molar-refractivity contribution is 7.84. The van der Waals surface area contributed by atoms with Gasteiger partial charge in [0, 0.05) is 41.5 Å². The number of hydrogen-bond acceptors (Lipinski definition) is 6. The summed E-state index contributed by atoms with van der Waals surface area (Å²) in [6, 6.07) is 3.00. The molecule has 0 fully saturated rings. The number of nitrogens with zero attached hydrogens (tertiary/aromatic N) is 2. The van der Waals surface area contributed by atoms with Crippen LogP contribution in [-0.2, 0) is 10.8 Å². The molecule has 0 bridgehead atoms. The number of rotatable bonds is 9. The van der Waals surface area contributed by atoms with Crippen molar-refractivity contribution < 1.29 is 9.13 Å². The largest absolute Gasteiger partial charge is 0.370 e. The molecule has 0 saturated carbocycles. The zero-order valence-electron chi connectivity index (χ0n) is 12.6. The Kier molecular flexibility index (Phi) is 7.07. The Bertz CT molecular complexity index is 510. The van der Waals surface area contributed by atoms with E-state index in [0.29, 0.717) is 18.0 Å². The second kappa shape index (κ2) is 8.56. The summed E-state index contributed by atoms with van der Waals surface area (Å²) in [5, 5.41) is 17.2. The lowest BCUT2D eigenvalue weighted by Gasteiger charge is -2.15. The molecule has 2 unspecified atom stereocenters. The summed E-state index contributed by atoms with van der Waals surface area (Å²) in [4.78, 5) is 14.9. The molecule has 0 aliphatic rings. The van der Waals surface area contributed by atoms with Crippen molar-refractivity contribution in [3.8, 4) is 0 Å². The lowest BCUT2D eigenvalue weighted by molar-refractivity contribution is -0.384. The maximum atomic E-state index is 11.1. The molecule has 21 heavy (non-hydrogen) atoms. The standard InChI is InChI=1S/C13H22N4O3S/c1-4-8-14-12-6-5-11(17(18)19)13(16-12)15-10(2)7-9-21(3)20/h5-6,10H,4,7-9H2,1-3H3,(H2,14,15,16). The van der Waals surface area contributed by atoms with Crippen molar-refractivity contribution in [3.05, 3.63) is 22.2 Å². The molecular formula is C13H22N4O3S. The molecule has 118 valence electrons. The van der Waals surface area contributed by atoms with Crippen LogP contribution in [0.5, 0.6) is 0 Å². The van der Waals surface area contributed by atoms with E-state index in [4.69, 9.17) is 0 Å². The molecule has 0 saturated heterocycles. The molecular weight excluding hydrogens is 292 g/mol. The highest BCUT2D eigenvalue weighted by Gasteiger charge is 2.17. The van der Waals surface area contributed by atoms with E-state index in [1.54, 1.807) is 12.3 Å². The molecule has 0 amide bonds. The summed E-state index contributed by atoms with van der Waals surface area (Å²) in [5.74, 6) is 1.40. The van der Waals surface area contributed by atoms with E-state index in [9.17, 15) is 14.3 Å². The minimum absolute atomic E-state index is 0.0403. The van der Waals surface area contributed by atoms with Crippen LogP contribution in [0, 0.1) is 10.1 Å². The highest BCUT2D eigenvalue weighted by Crippen LogP contribution is 2.25. The summed E-state index contributed by atoms with van der Waals surface area (Å²) in [6.45, 7) is 4.68. The van der Waals surface area contributed by atoms with Crippen molar-refractivity contribution >= 4 is 28.1 Å². The van der Waals surface area contributed by atoms with Gasteiger partial charge in [0.25, 0.3) is 0 Å². The van der Waals surface area contributed by atoms with Crippen LogP contribution in [-0.4, -0.2) is 38.7 Å². The first-order chi connectivity index (χ1) is 9.93. The third kappa shape index (κ3) is 6.07. The summed E-state index contributed by atoms with van der Waals surface area (Å²) >= 11 is 0. The maximum absolute atomic E-state index is 11.1. The first-order valence-corrected chi connectivity index (χ1v) is 8.62. The summed E-state index contributed by atoms with van der Waals surface area (Å²) in [6.07, 6.45) is 3.25. The maximum Gasteiger partial charge on any atom is 0.311 e. The van der Waals surface area contributed by atoms with Crippen molar-refractivity contribution in [2.24, 2.45) is 0 Å². The molecule has 2 atom stereocenters. The van der Waals surface area contributed by atoms with Gasteiger partial charge >= 0.3 is 5.69 Å². The van der Waals surface area contributed by atoms with Gasteiger partial charge in [0.2, 0.25) is 5.82 Å². The van der Waals surface area contributed by atoms with Crippen LogP contribution in [0.3, 0.4) is 0 Å². The summed E-state index contributed by atoms with van der Waals surface area (Å²) < 4.78 is 11.1. The van der Waals surface area contributed by atoms with Crippen molar-refractivity contribution in [2.75, 3.05) is 29.2 Å². The Hall–Kier alpha value is -1.70. The van der Waals surface area contributed by atoms with Gasteiger partial charge in [-0.2, -0.15) is 0 Å². The van der Waals surface area contributed by atoms with E-state index < -0.39 is 15.7 Å². The van der Waals surface area contributed by atoms with Crippen LogP contribution in [0.4, 0.5) is 17.3 Å². The van der Waals surface area contributed by atoms with Gasteiger partial charge in [-0.3, -0.25) is 14.3 Å². The molecule has 1 heterocycles. The number of hydrogen-bond donors (Lipinski definition) is 2. The Morgan fingerprint density at radius 1 is 1.48 bits per heavy atom. The fraction of sp³-hybridized carbons (Fsp3) is 0.615. The van der Waals surface area contributed by atoms with E-state index in [1.165, 1.54) is 6.07 Å². The van der Waals surface area contributed by atoms with Gasteiger partial charge < -0.3 is 10.6 Å². The van der Waals surface area contributed by atoms with Crippen molar-refractivity contribution in [1.82, 2.24) is 4.98 Å². The molecule has 0 aliphatic heterocycles. The molecule has 0 aromatic carbocycles. The minimum atomic E-state index is -0.874. The number of nitro groups is 1. The van der Waals surface area contributed by atoms with Gasteiger partial charge in [0.05, 0.1) is 4.92 Å². The smallest absolute Gasteiger partial charge is 0.311 e. The lowest BCUT2D eigenvalue weighted by Crippen LogP contribution is -2.20. The first-order valence-electron chi connectivity index (χ1n) is 6.90. The second-order valence-corrected chi connectivity index (χ2v) is 6.41. The monoisotopic (exact) mass is 314 g/mol. The molecule has 0 aliphatic carbocycles. The van der Waals surface area contributed by atoms with Gasteiger partial charge in [-0.1, -0.05) is 6.92 Å². The minimum Gasteiger partial charge on any atom is -0.370 e. The predicted octanol–water partition coefficient (Wildman–Crippen LogP) is 2.38. The molecule has 0 spiro atoms. The number of nitrogens with one attached hydrogen (secondary N) is 2. The zero-order valence-corrected chi connectivity index (χ0v) is 13.4. The molecule has 1 rings (SSSR count). The van der Waals surface area contributed by atoms with Crippen LogP contribution < -0.4 is 10.6 Å².